The van der Waals surface area contributed by atoms with Crippen molar-refractivity contribution >= 4 is 5.97 Å². The highest BCUT2D eigenvalue weighted by Crippen LogP contribution is 2.35. The quantitative estimate of drug-likeness (QED) is 0.421. The summed E-state index contributed by atoms with van der Waals surface area (Å²) in [5.74, 6) is 0.449. The zero-order valence-electron chi connectivity index (χ0n) is 20.9. The molecular weight excluding hydrogens is 384 g/mol. The van der Waals surface area contributed by atoms with E-state index in [0.29, 0.717) is 24.9 Å². The van der Waals surface area contributed by atoms with Crippen molar-refractivity contribution in [1.29, 1.82) is 0 Å². The highest BCUT2D eigenvalue weighted by molar-refractivity contribution is 5.76. The van der Waals surface area contributed by atoms with E-state index in [2.05, 4.69) is 65.0 Å². The number of carbonyl (C=O) groups is 1. The lowest BCUT2D eigenvalue weighted by molar-refractivity contribution is -0.153. The first-order chi connectivity index (χ1) is 14.5. The standard InChI is InChI=1S/C28H40O3/c1-10-20-11-12-21(13-23(20)17-30-9)22-14-24(18(2)3)26(25(15-22)19(4)5)16-27(29)31-28(6,7)8/h11-15,18-19H,10,16-17H2,1-9H3. The number of hydrogen-bond acceptors (Lipinski definition) is 3. The molecule has 0 spiro atoms. The summed E-state index contributed by atoms with van der Waals surface area (Å²) in [5.41, 5.74) is 8.02. The molecule has 31 heavy (non-hydrogen) atoms. The van der Waals surface area contributed by atoms with Crippen molar-refractivity contribution in [1.82, 2.24) is 0 Å². The topological polar surface area (TPSA) is 35.5 Å². The third-order valence-corrected chi connectivity index (χ3v) is 5.52. The van der Waals surface area contributed by atoms with Crippen molar-refractivity contribution in [2.24, 2.45) is 0 Å². The summed E-state index contributed by atoms with van der Waals surface area (Å²) < 4.78 is 11.1. The minimum absolute atomic E-state index is 0.168. The predicted octanol–water partition coefficient (Wildman–Crippen LogP) is 7.19. The van der Waals surface area contributed by atoms with E-state index in [4.69, 9.17) is 9.47 Å². The zero-order valence-corrected chi connectivity index (χ0v) is 20.9. The van der Waals surface area contributed by atoms with Crippen LogP contribution >= 0.6 is 0 Å². The number of rotatable bonds is 8. The van der Waals surface area contributed by atoms with Gasteiger partial charge in [0.1, 0.15) is 5.60 Å². The van der Waals surface area contributed by atoms with Gasteiger partial charge >= 0.3 is 5.97 Å². The summed E-state index contributed by atoms with van der Waals surface area (Å²) in [4.78, 5) is 12.7. The molecule has 0 N–H and O–H groups in total. The molecule has 0 amide bonds. The summed E-state index contributed by atoms with van der Waals surface area (Å²) in [6.45, 7) is 17.3. The molecule has 0 atom stereocenters. The Morgan fingerprint density at radius 2 is 1.48 bits per heavy atom. The summed E-state index contributed by atoms with van der Waals surface area (Å²) in [6, 6.07) is 11.2. The monoisotopic (exact) mass is 424 g/mol. The molecule has 0 saturated carbocycles. The summed E-state index contributed by atoms with van der Waals surface area (Å²) in [5, 5.41) is 0. The highest BCUT2D eigenvalue weighted by Gasteiger charge is 2.22. The van der Waals surface area contributed by atoms with Crippen LogP contribution in [0.5, 0.6) is 0 Å². The number of carbonyl (C=O) groups excluding carboxylic acids is 1. The highest BCUT2D eigenvalue weighted by atomic mass is 16.6. The molecule has 3 heteroatoms. The maximum Gasteiger partial charge on any atom is 0.310 e. The van der Waals surface area contributed by atoms with Crippen LogP contribution in [0.3, 0.4) is 0 Å². The van der Waals surface area contributed by atoms with Crippen molar-refractivity contribution in [3.8, 4) is 11.1 Å². The Kier molecular flexibility index (Phi) is 8.48. The number of ether oxygens (including phenoxy) is 2. The third-order valence-electron chi connectivity index (χ3n) is 5.52. The van der Waals surface area contributed by atoms with Crippen molar-refractivity contribution in [2.75, 3.05) is 7.11 Å². The van der Waals surface area contributed by atoms with Gasteiger partial charge in [-0.2, -0.15) is 0 Å². The van der Waals surface area contributed by atoms with E-state index in [1.807, 2.05) is 20.8 Å². The van der Waals surface area contributed by atoms with Crippen LogP contribution < -0.4 is 0 Å². The SMILES string of the molecule is CCc1ccc(-c2cc(C(C)C)c(CC(=O)OC(C)(C)C)c(C(C)C)c2)cc1COC. The second-order valence-electron chi connectivity index (χ2n) is 9.98. The second kappa shape index (κ2) is 10.5. The van der Waals surface area contributed by atoms with Crippen LogP contribution in [0.15, 0.2) is 30.3 Å². The third kappa shape index (κ3) is 6.67. The van der Waals surface area contributed by atoms with Gasteiger partial charge in [0.25, 0.3) is 0 Å². The van der Waals surface area contributed by atoms with Gasteiger partial charge in [-0.25, -0.2) is 0 Å². The minimum atomic E-state index is -0.480. The molecule has 0 aliphatic rings. The van der Waals surface area contributed by atoms with Crippen LogP contribution in [0.4, 0.5) is 0 Å². The zero-order chi connectivity index (χ0) is 23.3. The molecule has 0 bridgehead atoms. The van der Waals surface area contributed by atoms with Crippen LogP contribution in [0.1, 0.15) is 95.0 Å². The molecule has 0 fully saturated rings. The molecule has 2 rings (SSSR count). The van der Waals surface area contributed by atoms with Gasteiger partial charge in [-0.15, -0.1) is 0 Å². The van der Waals surface area contributed by atoms with Crippen LogP contribution in [-0.4, -0.2) is 18.7 Å². The van der Waals surface area contributed by atoms with E-state index in [-0.39, 0.29) is 5.97 Å². The summed E-state index contributed by atoms with van der Waals surface area (Å²) in [6.07, 6.45) is 1.30. The van der Waals surface area contributed by atoms with Gasteiger partial charge in [0.05, 0.1) is 13.0 Å². The molecule has 0 saturated heterocycles. The van der Waals surface area contributed by atoms with E-state index in [0.717, 1.165) is 12.0 Å². The molecule has 3 nitrogen and oxygen atoms in total. The fourth-order valence-electron chi connectivity index (χ4n) is 4.08. The Balaban J connectivity index is 2.60. The van der Waals surface area contributed by atoms with Crippen LogP contribution in [0, 0.1) is 0 Å². The molecule has 0 unspecified atom stereocenters. The van der Waals surface area contributed by atoms with Crippen molar-refractivity contribution < 1.29 is 14.3 Å². The first kappa shape index (κ1) is 25.1. The molecule has 170 valence electrons. The fraction of sp³-hybridized carbons (Fsp3) is 0.536. The Morgan fingerprint density at radius 3 is 1.94 bits per heavy atom. The normalized spacial score (nSPS) is 12.0. The maximum atomic E-state index is 12.7. The van der Waals surface area contributed by atoms with Gasteiger partial charge in [-0.1, -0.05) is 58.9 Å². The largest absolute Gasteiger partial charge is 0.460 e. The van der Waals surface area contributed by atoms with E-state index >= 15 is 0 Å². The fourth-order valence-corrected chi connectivity index (χ4v) is 4.08. The number of benzene rings is 2. The van der Waals surface area contributed by atoms with Crippen molar-refractivity contribution in [2.45, 2.75) is 92.3 Å². The lowest BCUT2D eigenvalue weighted by Gasteiger charge is -2.24. The lowest BCUT2D eigenvalue weighted by Crippen LogP contribution is -2.25. The Hall–Kier alpha value is -2.13. The van der Waals surface area contributed by atoms with Gasteiger partial charge in [-0.05, 0) is 84.0 Å². The van der Waals surface area contributed by atoms with Crippen LogP contribution in [0.2, 0.25) is 0 Å². The summed E-state index contributed by atoms with van der Waals surface area (Å²) >= 11 is 0. The van der Waals surface area contributed by atoms with Crippen LogP contribution in [-0.2, 0) is 33.7 Å². The van der Waals surface area contributed by atoms with E-state index in [1.165, 1.54) is 33.4 Å². The van der Waals surface area contributed by atoms with Crippen molar-refractivity contribution in [3.05, 3.63) is 58.1 Å². The molecule has 0 radical (unpaired) electrons. The summed E-state index contributed by atoms with van der Waals surface area (Å²) in [7, 11) is 1.74. The molecular formula is C28H40O3. The molecule has 2 aromatic carbocycles. The second-order valence-corrected chi connectivity index (χ2v) is 9.98. The average molecular weight is 425 g/mol. The molecule has 0 aromatic heterocycles. The number of hydrogen-bond donors (Lipinski definition) is 0. The first-order valence-corrected chi connectivity index (χ1v) is 11.5. The van der Waals surface area contributed by atoms with Gasteiger partial charge < -0.3 is 9.47 Å². The van der Waals surface area contributed by atoms with E-state index in [1.54, 1.807) is 7.11 Å². The van der Waals surface area contributed by atoms with Gasteiger partial charge in [0.15, 0.2) is 0 Å². The molecule has 2 aromatic rings. The molecule has 0 aliphatic carbocycles. The molecule has 0 aliphatic heterocycles. The predicted molar refractivity (Wildman–Crippen MR) is 130 cm³/mol. The van der Waals surface area contributed by atoms with Crippen LogP contribution in [0.25, 0.3) is 11.1 Å². The number of aryl methyl sites for hydroxylation is 1. The lowest BCUT2D eigenvalue weighted by atomic mass is 9.83. The van der Waals surface area contributed by atoms with Gasteiger partial charge in [0, 0.05) is 7.11 Å². The van der Waals surface area contributed by atoms with Crippen molar-refractivity contribution in [3.63, 3.8) is 0 Å². The Morgan fingerprint density at radius 1 is 0.903 bits per heavy atom. The Bertz CT molecular complexity index is 872. The number of methoxy groups -OCH3 is 1. The average Bonchev–Trinajstić information content (AvgIpc) is 2.66. The Labute approximate surface area is 189 Å². The molecule has 0 heterocycles. The van der Waals surface area contributed by atoms with Gasteiger partial charge in [-0.3, -0.25) is 4.79 Å². The maximum absolute atomic E-state index is 12.7. The van der Waals surface area contributed by atoms with Gasteiger partial charge in [0.2, 0.25) is 0 Å². The van der Waals surface area contributed by atoms with E-state index < -0.39 is 5.60 Å². The number of esters is 1. The minimum Gasteiger partial charge on any atom is -0.460 e. The first-order valence-electron chi connectivity index (χ1n) is 11.5. The van der Waals surface area contributed by atoms with E-state index in [9.17, 15) is 4.79 Å². The smallest absolute Gasteiger partial charge is 0.310 e.